The summed E-state index contributed by atoms with van der Waals surface area (Å²) in [6.45, 7) is 0.460. The van der Waals surface area contributed by atoms with E-state index in [1.807, 2.05) is 18.2 Å². The van der Waals surface area contributed by atoms with Crippen molar-refractivity contribution in [3.8, 4) is 28.4 Å². The third-order valence-electron chi connectivity index (χ3n) is 6.59. The minimum absolute atomic E-state index is 0.0338. The van der Waals surface area contributed by atoms with Gasteiger partial charge in [-0.25, -0.2) is 12.8 Å². The van der Waals surface area contributed by atoms with Crippen LogP contribution in [0.15, 0.2) is 89.8 Å². The van der Waals surface area contributed by atoms with Gasteiger partial charge < -0.3 is 19.5 Å². The van der Waals surface area contributed by atoms with Gasteiger partial charge in [-0.05, 0) is 72.0 Å². The van der Waals surface area contributed by atoms with Crippen LogP contribution in [0, 0.1) is 5.82 Å². The minimum Gasteiger partial charge on any atom is -0.497 e. The smallest absolute Gasteiger partial charge is 0.251 e. The lowest BCUT2D eigenvalue weighted by Crippen LogP contribution is -2.24. The summed E-state index contributed by atoms with van der Waals surface area (Å²) in [7, 11) is 0.511. The Balaban J connectivity index is 1.46. The average molecular weight is 578 g/mol. The van der Waals surface area contributed by atoms with Crippen LogP contribution in [0.25, 0.3) is 11.1 Å². The van der Waals surface area contributed by atoms with E-state index in [2.05, 4.69) is 5.32 Å². The molecule has 0 saturated carbocycles. The maximum atomic E-state index is 14.7. The molecule has 0 saturated heterocycles. The molecule has 0 aliphatic rings. The number of carbonyl (C=O) groups excluding carboxylic acids is 1. The lowest BCUT2D eigenvalue weighted by Gasteiger charge is -2.14. The molecule has 0 heterocycles. The summed E-state index contributed by atoms with van der Waals surface area (Å²) in [5, 5.41) is 2.90. The molecule has 9 heteroatoms. The molecule has 1 amide bonds. The number of carbonyl (C=O) groups is 1. The van der Waals surface area contributed by atoms with E-state index in [-0.39, 0.29) is 27.9 Å². The van der Waals surface area contributed by atoms with Crippen LogP contribution in [0.4, 0.5) is 4.39 Å². The molecule has 214 valence electrons. The van der Waals surface area contributed by atoms with E-state index in [4.69, 9.17) is 14.2 Å². The van der Waals surface area contributed by atoms with E-state index < -0.39 is 15.7 Å². The summed E-state index contributed by atoms with van der Waals surface area (Å²) < 4.78 is 57.7. The Morgan fingerprint density at radius 1 is 0.805 bits per heavy atom. The third-order valence-corrected chi connectivity index (χ3v) is 8.29. The van der Waals surface area contributed by atoms with Gasteiger partial charge in [0, 0.05) is 12.1 Å². The molecule has 41 heavy (non-hydrogen) atoms. The zero-order chi connectivity index (χ0) is 29.4. The molecule has 4 aromatic rings. The standard InChI is InChI=1S/C32H32FNO6S/c1-38-26-12-5-11-25(19-26)32(35)34-17-7-10-22-8-4-9-23(18-22)21-41(36,37)30-20-24(15-16-28(30)39-2)31-27(33)13-6-14-29(31)40-3/h4-6,8-9,11-16,18-20H,7,10,17,21H2,1-3H3,(H,34,35). The number of nitrogens with one attached hydrogen (secondary N) is 1. The van der Waals surface area contributed by atoms with Gasteiger partial charge in [0.25, 0.3) is 5.91 Å². The van der Waals surface area contributed by atoms with Gasteiger partial charge in [0.1, 0.15) is 28.0 Å². The number of ether oxygens (including phenoxy) is 3. The maximum Gasteiger partial charge on any atom is 0.251 e. The van der Waals surface area contributed by atoms with Crippen molar-refractivity contribution in [1.29, 1.82) is 0 Å². The first-order chi connectivity index (χ1) is 19.7. The highest BCUT2D eigenvalue weighted by Crippen LogP contribution is 2.37. The molecule has 4 rings (SSSR count). The molecule has 4 aromatic carbocycles. The summed E-state index contributed by atoms with van der Waals surface area (Å²) in [5.41, 5.74) is 2.62. The van der Waals surface area contributed by atoms with E-state index in [9.17, 15) is 17.6 Å². The van der Waals surface area contributed by atoms with Gasteiger partial charge in [-0.1, -0.05) is 42.5 Å². The van der Waals surface area contributed by atoms with Crippen LogP contribution in [0.2, 0.25) is 0 Å². The quantitative estimate of drug-likeness (QED) is 0.212. The van der Waals surface area contributed by atoms with Gasteiger partial charge in [-0.15, -0.1) is 0 Å². The third kappa shape index (κ3) is 7.24. The number of benzene rings is 4. The zero-order valence-corrected chi connectivity index (χ0v) is 24.0. The summed E-state index contributed by atoms with van der Waals surface area (Å²) in [4.78, 5) is 12.4. The summed E-state index contributed by atoms with van der Waals surface area (Å²) in [6.07, 6.45) is 1.32. The number of amides is 1. The number of hydrogen-bond acceptors (Lipinski definition) is 6. The Morgan fingerprint density at radius 3 is 2.29 bits per heavy atom. The van der Waals surface area contributed by atoms with Crippen molar-refractivity contribution >= 4 is 15.7 Å². The highest BCUT2D eigenvalue weighted by Gasteiger charge is 2.23. The zero-order valence-electron chi connectivity index (χ0n) is 23.1. The van der Waals surface area contributed by atoms with E-state index in [0.29, 0.717) is 47.6 Å². The van der Waals surface area contributed by atoms with Gasteiger partial charge in [-0.3, -0.25) is 4.79 Å². The monoisotopic (exact) mass is 577 g/mol. The number of halogens is 1. The highest BCUT2D eigenvalue weighted by molar-refractivity contribution is 7.90. The van der Waals surface area contributed by atoms with Crippen LogP contribution in [0.1, 0.15) is 27.9 Å². The fraction of sp³-hybridized carbons (Fsp3) is 0.219. The van der Waals surface area contributed by atoms with Crippen molar-refractivity contribution in [2.24, 2.45) is 0 Å². The molecule has 1 N–H and O–H groups in total. The molecular weight excluding hydrogens is 545 g/mol. The van der Waals surface area contributed by atoms with Gasteiger partial charge >= 0.3 is 0 Å². The highest BCUT2D eigenvalue weighted by atomic mass is 32.2. The van der Waals surface area contributed by atoms with Crippen LogP contribution < -0.4 is 19.5 Å². The second-order valence-corrected chi connectivity index (χ2v) is 11.3. The van der Waals surface area contributed by atoms with Crippen molar-refractivity contribution in [2.75, 3.05) is 27.9 Å². The van der Waals surface area contributed by atoms with Crippen molar-refractivity contribution in [3.05, 3.63) is 107 Å². The Hall–Kier alpha value is -4.37. The first-order valence-corrected chi connectivity index (χ1v) is 14.6. The van der Waals surface area contributed by atoms with Crippen molar-refractivity contribution in [1.82, 2.24) is 5.32 Å². The van der Waals surface area contributed by atoms with Gasteiger partial charge in [0.05, 0.1) is 32.6 Å². The van der Waals surface area contributed by atoms with E-state index in [1.165, 1.54) is 38.5 Å². The second-order valence-electron chi connectivity index (χ2n) is 9.35. The fourth-order valence-electron chi connectivity index (χ4n) is 4.56. The molecule has 0 fully saturated rings. The van der Waals surface area contributed by atoms with Crippen molar-refractivity contribution in [2.45, 2.75) is 23.5 Å². The Labute approximate surface area is 239 Å². The van der Waals surface area contributed by atoms with E-state index in [0.717, 1.165) is 5.56 Å². The number of rotatable bonds is 12. The number of hydrogen-bond donors (Lipinski definition) is 1. The Morgan fingerprint density at radius 2 is 1.54 bits per heavy atom. The predicted molar refractivity (Wildman–Crippen MR) is 156 cm³/mol. The van der Waals surface area contributed by atoms with Crippen LogP contribution in [0.3, 0.4) is 0 Å². The van der Waals surface area contributed by atoms with Crippen molar-refractivity contribution in [3.63, 3.8) is 0 Å². The fourth-order valence-corrected chi connectivity index (χ4v) is 6.10. The number of aryl methyl sites for hydroxylation is 1. The van der Waals surface area contributed by atoms with Crippen LogP contribution in [0.5, 0.6) is 17.2 Å². The molecule has 0 aliphatic carbocycles. The van der Waals surface area contributed by atoms with Gasteiger partial charge in [0.2, 0.25) is 0 Å². The molecule has 0 spiro atoms. The molecule has 0 aromatic heterocycles. The largest absolute Gasteiger partial charge is 0.497 e. The van der Waals surface area contributed by atoms with E-state index >= 15 is 0 Å². The number of sulfone groups is 1. The van der Waals surface area contributed by atoms with Gasteiger partial charge in [0.15, 0.2) is 9.84 Å². The minimum atomic E-state index is -3.86. The molecule has 0 aliphatic heterocycles. The summed E-state index contributed by atoms with van der Waals surface area (Å²) >= 11 is 0. The normalized spacial score (nSPS) is 11.1. The first-order valence-electron chi connectivity index (χ1n) is 13.0. The second kappa shape index (κ2) is 13.3. The SMILES string of the molecule is COc1cccc(C(=O)NCCCc2cccc(CS(=O)(=O)c3cc(-c4c(F)cccc4OC)ccc3OC)c2)c1. The van der Waals surface area contributed by atoms with E-state index in [1.54, 1.807) is 49.6 Å². The maximum absolute atomic E-state index is 14.7. The number of methoxy groups -OCH3 is 3. The average Bonchev–Trinajstić information content (AvgIpc) is 2.98. The van der Waals surface area contributed by atoms with Crippen molar-refractivity contribution < 1.29 is 31.8 Å². The summed E-state index contributed by atoms with van der Waals surface area (Å²) in [5.74, 6) is 0.110. The van der Waals surface area contributed by atoms with Gasteiger partial charge in [-0.2, -0.15) is 0 Å². The van der Waals surface area contributed by atoms with Crippen LogP contribution in [-0.2, 0) is 22.0 Å². The Kier molecular flexibility index (Phi) is 9.62. The lowest BCUT2D eigenvalue weighted by atomic mass is 10.0. The predicted octanol–water partition coefficient (Wildman–Crippen LogP) is 5.86. The lowest BCUT2D eigenvalue weighted by molar-refractivity contribution is 0.0953. The molecule has 0 radical (unpaired) electrons. The molecule has 0 unspecified atom stereocenters. The van der Waals surface area contributed by atoms with Crippen LogP contribution >= 0.6 is 0 Å². The first kappa shape index (κ1) is 29.6. The molecule has 0 bridgehead atoms. The molecule has 7 nitrogen and oxygen atoms in total. The van der Waals surface area contributed by atoms with Crippen LogP contribution in [-0.4, -0.2) is 42.2 Å². The molecule has 0 atom stereocenters. The summed E-state index contributed by atoms with van der Waals surface area (Å²) in [6, 6.07) is 23.3. The Bertz CT molecular complexity index is 1640. The molecular formula is C32H32FNO6S. The topological polar surface area (TPSA) is 90.9 Å².